The van der Waals surface area contributed by atoms with Crippen molar-refractivity contribution >= 4 is 68.1 Å². The van der Waals surface area contributed by atoms with Gasteiger partial charge >= 0.3 is 88.0 Å². The maximum atomic E-state index is 9.24. The molecule has 0 spiro atoms. The van der Waals surface area contributed by atoms with Crippen LogP contribution in [0.1, 0.15) is 30.5 Å². The first-order valence-electron chi connectivity index (χ1n) is 9.83. The molecule has 3 aromatic rings. The van der Waals surface area contributed by atoms with Crippen molar-refractivity contribution in [3.63, 3.8) is 0 Å². The van der Waals surface area contributed by atoms with Crippen LogP contribution in [0.3, 0.4) is 0 Å². The molecule has 178 valence electrons. The van der Waals surface area contributed by atoms with Gasteiger partial charge < -0.3 is 10.2 Å². The number of phenols is 2. The van der Waals surface area contributed by atoms with E-state index >= 15 is 0 Å². The molecule has 3 aromatic carbocycles. The Balaban J connectivity index is 0.000000251. The number of hydrogen-bond acceptors (Lipinski definition) is 3. The maximum absolute atomic E-state index is 9.24. The van der Waals surface area contributed by atoms with Gasteiger partial charge in [0.05, 0.1) is 17.9 Å². The number of rotatable bonds is 2. The molecule has 0 aliphatic carbocycles. The molecule has 0 aliphatic rings. The Hall–Kier alpha value is -0.462. The molecule has 0 radical (unpaired) electrons. The van der Waals surface area contributed by atoms with Gasteiger partial charge in [-0.1, -0.05) is 0 Å². The van der Waals surface area contributed by atoms with Crippen LogP contribution in [-0.2, 0) is 23.3 Å². The second kappa shape index (κ2) is 14.8. The predicted octanol–water partition coefficient (Wildman–Crippen LogP) is 9.11. The van der Waals surface area contributed by atoms with Crippen LogP contribution in [0.5, 0.6) is 11.5 Å². The second-order valence-corrected chi connectivity index (χ2v) is 13.1. The van der Waals surface area contributed by atoms with Crippen molar-refractivity contribution in [3.05, 3.63) is 89.2 Å². The summed E-state index contributed by atoms with van der Waals surface area (Å²) in [5, 5.41) is 18.5. The van der Waals surface area contributed by atoms with E-state index in [2.05, 4.69) is 116 Å². The van der Waals surface area contributed by atoms with Crippen molar-refractivity contribution in [1.29, 1.82) is 0 Å². The zero-order valence-corrected chi connectivity index (χ0v) is 27.4. The van der Waals surface area contributed by atoms with Crippen LogP contribution < -0.4 is 0 Å². The molecular weight excluding hydrogens is 762 g/mol. The summed E-state index contributed by atoms with van der Waals surface area (Å²) < 4.78 is 9.48. The van der Waals surface area contributed by atoms with Crippen LogP contribution in [0.4, 0.5) is 0 Å². The average Bonchev–Trinajstić information content (AvgIpc) is 2.76. The fraction of sp³-hybridized carbons (Fsp3) is 0.240. The zero-order chi connectivity index (χ0) is 25.2. The minimum atomic E-state index is -0.253. The maximum Gasteiger partial charge on any atom is 0.143 e. The van der Waals surface area contributed by atoms with Gasteiger partial charge in [-0.15, -0.1) is 0 Å². The summed E-state index contributed by atoms with van der Waals surface area (Å²) in [6, 6.07) is 18.0. The predicted molar refractivity (Wildman–Crippen MR) is 150 cm³/mol. The number of aromatic hydroxyl groups is 2. The molecule has 0 aliphatic heterocycles. The van der Waals surface area contributed by atoms with Crippen LogP contribution in [0.25, 0.3) is 0 Å². The van der Waals surface area contributed by atoms with Gasteiger partial charge in [0, 0.05) is 0 Å². The summed E-state index contributed by atoms with van der Waals surface area (Å²) >= 11 is 12.6. The summed E-state index contributed by atoms with van der Waals surface area (Å²) in [5.41, 5.74) is 3.78. The van der Waals surface area contributed by atoms with Crippen molar-refractivity contribution in [2.24, 2.45) is 3.50 Å². The monoisotopic (exact) mass is 787 g/mol. The summed E-state index contributed by atoms with van der Waals surface area (Å²) in [6.45, 7) is 8.43. The molecule has 8 heteroatoms. The molecule has 0 saturated heterocycles. The van der Waals surface area contributed by atoms with Crippen molar-refractivity contribution in [3.8, 4) is 11.5 Å². The molecule has 0 saturated carbocycles. The van der Waals surface area contributed by atoms with E-state index < -0.39 is 0 Å². The molecular formula is C25H27Br4MoNO2. The normalized spacial score (nSPS) is 10.2. The Morgan fingerprint density at radius 3 is 1.45 bits per heavy atom. The first kappa shape index (κ1) is 30.6. The Morgan fingerprint density at radius 1 is 0.758 bits per heavy atom. The van der Waals surface area contributed by atoms with E-state index in [9.17, 15) is 10.2 Å². The van der Waals surface area contributed by atoms with Gasteiger partial charge in [0.2, 0.25) is 0 Å². The Kier molecular flexibility index (Phi) is 13.7. The zero-order valence-electron chi connectivity index (χ0n) is 19.0. The van der Waals surface area contributed by atoms with Crippen LogP contribution >= 0.6 is 63.7 Å². The van der Waals surface area contributed by atoms with Crippen LogP contribution in [0, 0.1) is 13.8 Å². The van der Waals surface area contributed by atoms with Gasteiger partial charge in [-0.25, -0.2) is 0 Å². The molecule has 2 N–H and O–H groups in total. The smallest absolute Gasteiger partial charge is 0.143 e. The Labute approximate surface area is 238 Å². The third-order valence-electron chi connectivity index (χ3n) is 4.29. The van der Waals surface area contributed by atoms with Gasteiger partial charge in [-0.3, -0.25) is 0 Å². The number of halogens is 4. The third-order valence-corrected chi connectivity index (χ3v) is 8.94. The van der Waals surface area contributed by atoms with E-state index in [-0.39, 0.29) is 34.8 Å². The molecule has 0 bridgehead atoms. The number of aryl methyl sites for hydroxylation is 2. The van der Waals surface area contributed by atoms with Crippen molar-refractivity contribution in [1.82, 2.24) is 0 Å². The summed E-state index contributed by atoms with van der Waals surface area (Å²) in [7, 11) is 1.90. The minimum absolute atomic E-state index is 0.184. The van der Waals surface area contributed by atoms with E-state index in [0.717, 1.165) is 29.0 Å². The first-order valence-corrected chi connectivity index (χ1v) is 15.1. The molecule has 3 rings (SSSR count). The molecule has 0 amide bonds. The molecule has 0 atom stereocenters. The quantitative estimate of drug-likeness (QED) is 0.255. The number of hydrogen-bond donors (Lipinski definition) is 2. The third kappa shape index (κ3) is 10.8. The van der Waals surface area contributed by atoms with Gasteiger partial charge in [0.15, 0.2) is 0 Å². The topological polar surface area (TPSA) is 52.8 Å². The van der Waals surface area contributed by atoms with Gasteiger partial charge in [-0.05, 0) is 113 Å². The van der Waals surface area contributed by atoms with Gasteiger partial charge in [0.25, 0.3) is 0 Å². The van der Waals surface area contributed by atoms with Crippen LogP contribution in [-0.4, -0.2) is 21.7 Å². The van der Waals surface area contributed by atoms with Crippen molar-refractivity contribution < 1.29 is 28.1 Å². The fourth-order valence-corrected chi connectivity index (χ4v) is 6.58. The summed E-state index contributed by atoms with van der Waals surface area (Å²) in [5.74, 6) is 0.510. The molecule has 0 heterocycles. The molecule has 3 nitrogen and oxygen atoms in total. The van der Waals surface area contributed by atoms with E-state index in [1.54, 1.807) is 0 Å². The fourth-order valence-electron chi connectivity index (χ4n) is 2.50. The summed E-state index contributed by atoms with van der Waals surface area (Å²) in [6.07, 6.45) is 0. The van der Waals surface area contributed by atoms with Crippen molar-refractivity contribution in [2.45, 2.75) is 33.1 Å². The summed E-state index contributed by atoms with van der Waals surface area (Å²) in [4.78, 5) is 0. The van der Waals surface area contributed by atoms with Gasteiger partial charge in [-0.2, -0.15) is 0 Å². The van der Waals surface area contributed by atoms with Crippen LogP contribution in [0.15, 0.2) is 76.0 Å². The number of phenolic OH excluding ortho intramolecular Hbond substituents is 2. The Morgan fingerprint density at radius 2 is 1.12 bits per heavy atom. The van der Waals surface area contributed by atoms with E-state index in [1.807, 2.05) is 45.2 Å². The number of benzene rings is 3. The SMILES string of the molecule is C[N]=[Mo]=[CH]C(C)(C)c1ccccc1.Cc1cc(Br)c(O)c(Br)c1.Cc1cc(Br)c(O)c(Br)c1. The van der Waals surface area contributed by atoms with Crippen molar-refractivity contribution in [2.75, 3.05) is 7.05 Å². The molecule has 0 unspecified atom stereocenters. The second-order valence-electron chi connectivity index (χ2n) is 7.65. The minimum Gasteiger partial charge on any atom is -0.506 e. The standard InChI is InChI=1S/C10H12.2C7H6Br2O.CH3N.Mo/c1-10(2,3)9-7-5-4-6-8-9;2*1-4-2-5(8)7(10)6(9)3-4;1-2;/h1,4-8H,2-3H3;2*2-3,10H,1H3;1H3;. The average molecular weight is 789 g/mol. The largest absolute Gasteiger partial charge is 0.506 e. The van der Waals surface area contributed by atoms with Gasteiger partial charge in [0.1, 0.15) is 11.5 Å². The Bertz CT molecular complexity index is 1030. The van der Waals surface area contributed by atoms with E-state index in [0.29, 0.717) is 0 Å². The van der Waals surface area contributed by atoms with E-state index in [1.165, 1.54) is 5.56 Å². The number of nitrogens with zero attached hydrogens (tertiary/aromatic N) is 1. The van der Waals surface area contributed by atoms with E-state index in [4.69, 9.17) is 0 Å². The molecule has 33 heavy (non-hydrogen) atoms. The van der Waals surface area contributed by atoms with Crippen LogP contribution in [0.2, 0.25) is 0 Å². The molecule has 0 aromatic heterocycles. The first-order chi connectivity index (χ1) is 15.4. The molecule has 0 fully saturated rings.